The number of esters is 1. The molecule has 2 N–H and O–H groups in total. The number of hydrogen-bond acceptors (Lipinski definition) is 4. The van der Waals surface area contributed by atoms with Gasteiger partial charge in [0.2, 0.25) is 6.10 Å². The van der Waals surface area contributed by atoms with E-state index in [0.29, 0.717) is 11.1 Å². The highest BCUT2D eigenvalue weighted by atomic mass is 16.6. The first-order valence-corrected chi connectivity index (χ1v) is 6.31. The van der Waals surface area contributed by atoms with Gasteiger partial charge in [-0.2, -0.15) is 0 Å². The zero-order valence-electron chi connectivity index (χ0n) is 11.0. The number of ether oxygens (including phenoxy) is 1. The van der Waals surface area contributed by atoms with Crippen molar-refractivity contribution in [3.8, 4) is 0 Å². The number of carbonyl (C=O) groups excluding carboxylic acids is 1. The van der Waals surface area contributed by atoms with Gasteiger partial charge in [0, 0.05) is 5.56 Å². The predicted molar refractivity (Wildman–Crippen MR) is 74.3 cm³/mol. The van der Waals surface area contributed by atoms with Crippen molar-refractivity contribution in [1.82, 2.24) is 0 Å². The van der Waals surface area contributed by atoms with Gasteiger partial charge in [0.15, 0.2) is 6.10 Å². The fraction of sp³-hybridized carbons (Fsp3) is 0.125. The van der Waals surface area contributed by atoms with Crippen LogP contribution >= 0.6 is 0 Å². The van der Waals surface area contributed by atoms with Gasteiger partial charge in [-0.25, -0.2) is 9.59 Å². The maximum absolute atomic E-state index is 11.9. The van der Waals surface area contributed by atoms with E-state index in [9.17, 15) is 14.7 Å². The predicted octanol–water partition coefficient (Wildman–Crippen LogP) is 2.09. The molecule has 0 radical (unpaired) electrons. The van der Waals surface area contributed by atoms with Gasteiger partial charge in [0.05, 0.1) is 0 Å². The van der Waals surface area contributed by atoms with Gasteiger partial charge in [-0.15, -0.1) is 0 Å². The van der Waals surface area contributed by atoms with Crippen molar-refractivity contribution in [1.29, 1.82) is 0 Å². The van der Waals surface area contributed by atoms with Crippen LogP contribution in [0.5, 0.6) is 0 Å². The molecule has 0 fully saturated rings. The molecule has 5 nitrogen and oxygen atoms in total. The summed E-state index contributed by atoms with van der Waals surface area (Å²) in [5.41, 5.74) is 0.679. The Morgan fingerprint density at radius 2 is 1.33 bits per heavy atom. The Labute approximate surface area is 121 Å². The molecule has 0 amide bonds. The molecular formula is C16H14O5. The van der Waals surface area contributed by atoms with E-state index in [1.807, 2.05) is 0 Å². The summed E-state index contributed by atoms with van der Waals surface area (Å²) in [5, 5.41) is 19.1. The van der Waals surface area contributed by atoms with E-state index in [0.717, 1.165) is 0 Å². The van der Waals surface area contributed by atoms with Crippen molar-refractivity contribution in [3.05, 3.63) is 71.8 Å². The van der Waals surface area contributed by atoms with E-state index in [1.165, 1.54) is 0 Å². The SMILES string of the molecule is O=C(O)[C@@H](OC(=O)[C@H](O)c1ccccc1)c1ccccc1. The monoisotopic (exact) mass is 286 g/mol. The number of carboxylic acids is 1. The molecule has 0 aromatic heterocycles. The standard InChI is InChI=1S/C16H14O5/c17-13(11-7-3-1-4-8-11)16(20)21-14(15(18)19)12-9-5-2-6-10-12/h1-10,13-14,17H,(H,18,19)/t13-,14+/m1/s1. The smallest absolute Gasteiger partial charge is 0.349 e. The van der Waals surface area contributed by atoms with Crippen molar-refractivity contribution in [2.45, 2.75) is 12.2 Å². The van der Waals surface area contributed by atoms with E-state index >= 15 is 0 Å². The lowest BCUT2D eigenvalue weighted by Crippen LogP contribution is -2.23. The first-order chi connectivity index (χ1) is 10.1. The zero-order valence-corrected chi connectivity index (χ0v) is 11.0. The number of hydrogen-bond donors (Lipinski definition) is 2. The van der Waals surface area contributed by atoms with Crippen LogP contribution in [0.15, 0.2) is 60.7 Å². The summed E-state index contributed by atoms with van der Waals surface area (Å²) in [5.74, 6) is -2.30. The van der Waals surface area contributed by atoms with Crippen LogP contribution < -0.4 is 0 Å². The number of aliphatic hydroxyl groups is 1. The van der Waals surface area contributed by atoms with Crippen LogP contribution in [0.2, 0.25) is 0 Å². The van der Waals surface area contributed by atoms with Crippen LogP contribution in [-0.4, -0.2) is 22.2 Å². The summed E-state index contributed by atoms with van der Waals surface area (Å²) in [6.07, 6.45) is -2.96. The number of carbonyl (C=O) groups is 2. The summed E-state index contributed by atoms with van der Waals surface area (Å²) in [4.78, 5) is 23.1. The minimum atomic E-state index is -1.52. The Balaban J connectivity index is 2.14. The topological polar surface area (TPSA) is 83.8 Å². The highest BCUT2D eigenvalue weighted by Gasteiger charge is 2.28. The Morgan fingerprint density at radius 3 is 1.81 bits per heavy atom. The van der Waals surface area contributed by atoms with E-state index in [2.05, 4.69) is 0 Å². The average molecular weight is 286 g/mol. The molecule has 21 heavy (non-hydrogen) atoms. The van der Waals surface area contributed by atoms with Crippen LogP contribution in [0.3, 0.4) is 0 Å². The van der Waals surface area contributed by atoms with Crippen molar-refractivity contribution in [2.75, 3.05) is 0 Å². The Morgan fingerprint density at radius 1 is 0.857 bits per heavy atom. The van der Waals surface area contributed by atoms with E-state index < -0.39 is 24.1 Å². The van der Waals surface area contributed by atoms with Gasteiger partial charge in [-0.1, -0.05) is 60.7 Å². The minimum Gasteiger partial charge on any atom is -0.478 e. The second kappa shape index (κ2) is 6.67. The first-order valence-electron chi connectivity index (χ1n) is 6.31. The van der Waals surface area contributed by atoms with Gasteiger partial charge < -0.3 is 14.9 Å². The van der Waals surface area contributed by atoms with Crippen LogP contribution in [0, 0.1) is 0 Å². The number of carboxylic acid groups (broad SMARTS) is 1. The maximum atomic E-state index is 11.9. The van der Waals surface area contributed by atoms with Gasteiger partial charge in [-0.05, 0) is 5.56 Å². The van der Waals surface area contributed by atoms with Crippen molar-refractivity contribution >= 4 is 11.9 Å². The lowest BCUT2D eigenvalue weighted by Gasteiger charge is -2.16. The molecule has 0 aliphatic rings. The number of aliphatic hydroxyl groups excluding tert-OH is 1. The average Bonchev–Trinajstić information content (AvgIpc) is 2.53. The van der Waals surface area contributed by atoms with E-state index in [1.54, 1.807) is 60.7 Å². The van der Waals surface area contributed by atoms with E-state index in [-0.39, 0.29) is 0 Å². The van der Waals surface area contributed by atoms with Gasteiger partial charge >= 0.3 is 11.9 Å². The molecule has 0 saturated heterocycles. The van der Waals surface area contributed by atoms with Gasteiger partial charge in [0.1, 0.15) is 0 Å². The molecule has 0 unspecified atom stereocenters. The Bertz CT molecular complexity index is 609. The first kappa shape index (κ1) is 14.7. The number of aliphatic carboxylic acids is 1. The fourth-order valence-corrected chi connectivity index (χ4v) is 1.84. The second-order valence-electron chi connectivity index (χ2n) is 4.38. The molecule has 2 aromatic carbocycles. The Kier molecular flexibility index (Phi) is 4.68. The Hall–Kier alpha value is -2.66. The highest BCUT2D eigenvalue weighted by Crippen LogP contribution is 2.22. The minimum absolute atomic E-state index is 0.332. The number of rotatable bonds is 5. The quantitative estimate of drug-likeness (QED) is 0.822. The molecule has 2 rings (SSSR count). The third kappa shape index (κ3) is 3.67. The molecule has 0 aliphatic heterocycles. The molecule has 0 aliphatic carbocycles. The molecule has 0 bridgehead atoms. The lowest BCUT2D eigenvalue weighted by atomic mass is 10.1. The summed E-state index contributed by atoms with van der Waals surface area (Å²) >= 11 is 0. The molecule has 108 valence electrons. The number of benzene rings is 2. The maximum Gasteiger partial charge on any atom is 0.349 e. The summed E-state index contributed by atoms with van der Waals surface area (Å²) < 4.78 is 4.93. The van der Waals surface area contributed by atoms with Crippen molar-refractivity contribution in [2.24, 2.45) is 0 Å². The molecule has 5 heteroatoms. The fourth-order valence-electron chi connectivity index (χ4n) is 1.84. The molecule has 0 spiro atoms. The normalized spacial score (nSPS) is 13.2. The molecule has 2 aromatic rings. The lowest BCUT2D eigenvalue weighted by molar-refractivity contribution is -0.171. The van der Waals surface area contributed by atoms with Crippen molar-refractivity contribution in [3.63, 3.8) is 0 Å². The highest BCUT2D eigenvalue weighted by molar-refractivity contribution is 5.82. The van der Waals surface area contributed by atoms with Crippen LogP contribution in [0.1, 0.15) is 23.3 Å². The third-order valence-corrected chi connectivity index (χ3v) is 2.90. The molecule has 0 saturated carbocycles. The summed E-state index contributed by atoms with van der Waals surface area (Å²) in [6, 6.07) is 16.3. The summed E-state index contributed by atoms with van der Waals surface area (Å²) in [6.45, 7) is 0. The molecular weight excluding hydrogens is 272 g/mol. The molecule has 0 heterocycles. The van der Waals surface area contributed by atoms with Gasteiger partial charge in [0.25, 0.3) is 0 Å². The van der Waals surface area contributed by atoms with Crippen LogP contribution in [-0.2, 0) is 14.3 Å². The van der Waals surface area contributed by atoms with Crippen LogP contribution in [0.4, 0.5) is 0 Å². The van der Waals surface area contributed by atoms with Gasteiger partial charge in [-0.3, -0.25) is 0 Å². The second-order valence-corrected chi connectivity index (χ2v) is 4.38. The third-order valence-electron chi connectivity index (χ3n) is 2.90. The molecule has 2 atom stereocenters. The largest absolute Gasteiger partial charge is 0.478 e. The van der Waals surface area contributed by atoms with Crippen molar-refractivity contribution < 1.29 is 24.5 Å². The van der Waals surface area contributed by atoms with Crippen LogP contribution in [0.25, 0.3) is 0 Å². The zero-order chi connectivity index (χ0) is 15.2. The van der Waals surface area contributed by atoms with E-state index in [4.69, 9.17) is 9.84 Å². The summed E-state index contributed by atoms with van der Waals surface area (Å²) in [7, 11) is 0.